The number of rotatable bonds is 5. The van der Waals surface area contributed by atoms with Gasteiger partial charge in [0.1, 0.15) is 5.69 Å². The summed E-state index contributed by atoms with van der Waals surface area (Å²) in [5, 5.41) is 7.25. The number of aromatic nitrogens is 3. The highest BCUT2D eigenvalue weighted by atomic mass is 79.9. The molecule has 5 nitrogen and oxygen atoms in total. The number of nitrogens with one attached hydrogen (secondary N) is 1. The Morgan fingerprint density at radius 3 is 2.89 bits per heavy atom. The van der Waals surface area contributed by atoms with Crippen LogP contribution < -0.4 is 5.32 Å². The fraction of sp³-hybridized carbons (Fsp3) is 0.462. The average molecular weight is 325 g/mol. The molecule has 2 aromatic heterocycles. The minimum Gasteiger partial charge on any atom is -0.339 e. The van der Waals surface area contributed by atoms with Gasteiger partial charge in [-0.2, -0.15) is 4.98 Å². The van der Waals surface area contributed by atoms with Gasteiger partial charge >= 0.3 is 0 Å². The molecule has 0 bridgehead atoms. The highest BCUT2D eigenvalue weighted by Crippen LogP contribution is 2.27. The number of pyridine rings is 1. The maximum absolute atomic E-state index is 5.39. The molecule has 2 aromatic rings. The Labute approximate surface area is 121 Å². The van der Waals surface area contributed by atoms with Crippen LogP contribution in [-0.2, 0) is 0 Å². The lowest BCUT2D eigenvalue weighted by Crippen LogP contribution is -2.28. The highest BCUT2D eigenvalue weighted by Gasteiger charge is 2.23. The predicted octanol–water partition coefficient (Wildman–Crippen LogP) is 3.00. The van der Waals surface area contributed by atoms with Gasteiger partial charge in [-0.25, -0.2) is 0 Å². The predicted molar refractivity (Wildman–Crippen MR) is 76.8 cm³/mol. The van der Waals surface area contributed by atoms with Crippen molar-refractivity contribution in [3.05, 3.63) is 28.7 Å². The number of hydrogen-bond acceptors (Lipinski definition) is 5. The molecule has 2 rings (SSSR count). The third kappa shape index (κ3) is 3.01. The molecule has 2 unspecified atom stereocenters. The Kier molecular flexibility index (Phi) is 4.66. The highest BCUT2D eigenvalue weighted by molar-refractivity contribution is 9.10. The van der Waals surface area contributed by atoms with E-state index in [0.717, 1.165) is 10.9 Å². The van der Waals surface area contributed by atoms with Gasteiger partial charge in [-0.1, -0.05) is 12.1 Å². The van der Waals surface area contributed by atoms with Crippen LogP contribution in [0.15, 0.2) is 27.3 Å². The quantitative estimate of drug-likeness (QED) is 0.915. The summed E-state index contributed by atoms with van der Waals surface area (Å²) in [6.45, 7) is 4.22. The van der Waals surface area contributed by atoms with Crippen LogP contribution in [0.3, 0.4) is 0 Å². The molecule has 0 saturated carbocycles. The van der Waals surface area contributed by atoms with E-state index in [-0.39, 0.29) is 12.0 Å². The first kappa shape index (κ1) is 14.1. The van der Waals surface area contributed by atoms with Crippen LogP contribution in [0.4, 0.5) is 0 Å². The van der Waals surface area contributed by atoms with Crippen molar-refractivity contribution in [2.45, 2.75) is 32.2 Å². The van der Waals surface area contributed by atoms with E-state index in [2.05, 4.69) is 50.2 Å². The van der Waals surface area contributed by atoms with Crippen molar-refractivity contribution >= 4 is 15.9 Å². The molecule has 0 radical (unpaired) electrons. The SMILES string of the molecule is CCC(c1nc(-c2ncccc2Br)no1)C(C)NC. The van der Waals surface area contributed by atoms with E-state index in [4.69, 9.17) is 4.52 Å². The van der Waals surface area contributed by atoms with Crippen molar-refractivity contribution in [3.8, 4) is 11.5 Å². The second kappa shape index (κ2) is 6.25. The Morgan fingerprint density at radius 2 is 2.26 bits per heavy atom. The first-order chi connectivity index (χ1) is 9.17. The normalized spacial score (nSPS) is 14.3. The molecule has 0 aliphatic heterocycles. The van der Waals surface area contributed by atoms with Gasteiger partial charge in [-0.15, -0.1) is 0 Å². The number of halogens is 1. The van der Waals surface area contributed by atoms with Crippen molar-refractivity contribution in [2.24, 2.45) is 0 Å². The zero-order valence-electron chi connectivity index (χ0n) is 11.2. The third-order valence-electron chi connectivity index (χ3n) is 3.23. The standard InChI is InChI=1S/C13H17BrN4O/c1-4-9(8(2)15-3)13-17-12(18-19-13)11-10(14)6-5-7-16-11/h5-9,15H,4H2,1-3H3. The van der Waals surface area contributed by atoms with Gasteiger partial charge in [0.2, 0.25) is 11.7 Å². The maximum Gasteiger partial charge on any atom is 0.231 e. The molecule has 0 spiro atoms. The molecule has 0 fully saturated rings. The minimum atomic E-state index is 0.203. The van der Waals surface area contributed by atoms with Gasteiger partial charge in [0.15, 0.2) is 0 Å². The summed E-state index contributed by atoms with van der Waals surface area (Å²) in [5.41, 5.74) is 0.699. The topological polar surface area (TPSA) is 63.8 Å². The summed E-state index contributed by atoms with van der Waals surface area (Å²) in [6, 6.07) is 4.05. The Morgan fingerprint density at radius 1 is 1.47 bits per heavy atom. The van der Waals surface area contributed by atoms with Crippen LogP contribution in [-0.4, -0.2) is 28.2 Å². The molecule has 0 aliphatic rings. The molecule has 0 aromatic carbocycles. The maximum atomic E-state index is 5.39. The number of likely N-dealkylation sites (N-methyl/N-ethyl adjacent to an activating group) is 1. The van der Waals surface area contributed by atoms with Crippen molar-refractivity contribution in [1.29, 1.82) is 0 Å². The van der Waals surface area contributed by atoms with Gasteiger partial charge in [0, 0.05) is 16.7 Å². The summed E-state index contributed by atoms with van der Waals surface area (Å²) >= 11 is 3.44. The summed E-state index contributed by atoms with van der Waals surface area (Å²) in [6.07, 6.45) is 2.65. The Bertz CT molecular complexity index is 543. The zero-order valence-corrected chi connectivity index (χ0v) is 12.8. The monoisotopic (exact) mass is 324 g/mol. The third-order valence-corrected chi connectivity index (χ3v) is 3.87. The van der Waals surface area contributed by atoms with Gasteiger partial charge in [0.05, 0.1) is 5.92 Å². The molecule has 6 heteroatoms. The number of nitrogens with zero attached hydrogens (tertiary/aromatic N) is 3. The van der Waals surface area contributed by atoms with Crippen LogP contribution in [0.5, 0.6) is 0 Å². The molecule has 2 heterocycles. The van der Waals surface area contributed by atoms with Gasteiger partial charge in [0.25, 0.3) is 0 Å². The van der Waals surface area contributed by atoms with Crippen LogP contribution in [0.25, 0.3) is 11.5 Å². The smallest absolute Gasteiger partial charge is 0.231 e. The van der Waals surface area contributed by atoms with Gasteiger partial charge in [-0.3, -0.25) is 4.98 Å². The van der Waals surface area contributed by atoms with Crippen molar-refractivity contribution in [3.63, 3.8) is 0 Å². The molecular weight excluding hydrogens is 308 g/mol. The first-order valence-electron chi connectivity index (χ1n) is 6.29. The fourth-order valence-electron chi connectivity index (χ4n) is 1.98. The minimum absolute atomic E-state index is 0.203. The molecule has 102 valence electrons. The Hall–Kier alpha value is -1.27. The first-order valence-corrected chi connectivity index (χ1v) is 7.08. The van der Waals surface area contributed by atoms with E-state index in [1.807, 2.05) is 19.2 Å². The molecule has 0 saturated heterocycles. The summed E-state index contributed by atoms with van der Waals surface area (Å²) in [5.74, 6) is 1.37. The van der Waals surface area contributed by atoms with Gasteiger partial charge in [-0.05, 0) is 48.5 Å². The van der Waals surface area contributed by atoms with E-state index in [0.29, 0.717) is 17.4 Å². The van der Waals surface area contributed by atoms with E-state index in [9.17, 15) is 0 Å². The lowest BCUT2D eigenvalue weighted by Gasteiger charge is -2.17. The number of hydrogen-bond donors (Lipinski definition) is 1. The van der Waals surface area contributed by atoms with Gasteiger partial charge < -0.3 is 9.84 Å². The zero-order chi connectivity index (χ0) is 13.8. The van der Waals surface area contributed by atoms with Crippen molar-refractivity contribution in [1.82, 2.24) is 20.4 Å². The lowest BCUT2D eigenvalue weighted by molar-refractivity contribution is 0.322. The molecule has 0 aliphatic carbocycles. The molecule has 1 N–H and O–H groups in total. The van der Waals surface area contributed by atoms with Crippen molar-refractivity contribution in [2.75, 3.05) is 7.05 Å². The van der Waals surface area contributed by atoms with Crippen LogP contribution in [0.2, 0.25) is 0 Å². The molecule has 19 heavy (non-hydrogen) atoms. The van der Waals surface area contributed by atoms with Crippen molar-refractivity contribution < 1.29 is 4.52 Å². The lowest BCUT2D eigenvalue weighted by atomic mass is 9.98. The van der Waals surface area contributed by atoms with Crippen LogP contribution >= 0.6 is 15.9 Å². The van der Waals surface area contributed by atoms with E-state index in [1.54, 1.807) is 6.20 Å². The summed E-state index contributed by atoms with van der Waals surface area (Å²) in [7, 11) is 1.93. The van der Waals surface area contributed by atoms with E-state index < -0.39 is 0 Å². The molecule has 0 amide bonds. The van der Waals surface area contributed by atoms with Crippen LogP contribution in [0, 0.1) is 0 Å². The summed E-state index contributed by atoms with van der Waals surface area (Å²) < 4.78 is 6.25. The average Bonchev–Trinajstić information content (AvgIpc) is 2.89. The molecular formula is C13H17BrN4O. The second-order valence-corrected chi connectivity index (χ2v) is 5.24. The van der Waals surface area contributed by atoms with E-state index >= 15 is 0 Å². The fourth-order valence-corrected chi connectivity index (χ4v) is 2.41. The Balaban J connectivity index is 2.31. The second-order valence-electron chi connectivity index (χ2n) is 4.38. The largest absolute Gasteiger partial charge is 0.339 e. The van der Waals surface area contributed by atoms with E-state index in [1.165, 1.54) is 0 Å². The van der Waals surface area contributed by atoms with Crippen LogP contribution in [0.1, 0.15) is 32.1 Å². The molecule has 2 atom stereocenters. The summed E-state index contributed by atoms with van der Waals surface area (Å²) in [4.78, 5) is 8.74.